The minimum atomic E-state index is -0.458. The minimum Gasteiger partial charge on any atom is -0.350 e. The average Bonchev–Trinajstić information content (AvgIpc) is 2.70. The zero-order valence-corrected chi connectivity index (χ0v) is 11.5. The number of thioether (sulfide) groups is 1. The molecule has 1 N–H and O–H groups in total. The van der Waals surface area contributed by atoms with Crippen LogP contribution in [0.4, 0.5) is 4.39 Å². The molecule has 1 aromatic carbocycles. The maximum atomic E-state index is 12.9. The number of carbonyl (C=O) groups is 2. The summed E-state index contributed by atoms with van der Waals surface area (Å²) in [6.45, 7) is 0.619. The molecule has 1 aliphatic heterocycles. The van der Waals surface area contributed by atoms with Gasteiger partial charge in [0.25, 0.3) is 5.91 Å². The van der Waals surface area contributed by atoms with Crippen LogP contribution in [0.3, 0.4) is 0 Å². The van der Waals surface area contributed by atoms with Crippen LogP contribution in [0.25, 0.3) is 0 Å². The first kappa shape index (κ1) is 14.0. The van der Waals surface area contributed by atoms with E-state index in [1.807, 2.05) is 0 Å². The van der Waals surface area contributed by atoms with Crippen molar-refractivity contribution in [3.05, 3.63) is 35.6 Å². The molecular formula is C12H11FN2O2S2. The van der Waals surface area contributed by atoms with E-state index >= 15 is 0 Å². The lowest BCUT2D eigenvalue weighted by molar-refractivity contribution is -0.123. The number of nitrogens with one attached hydrogen (secondary N) is 1. The second-order valence-corrected chi connectivity index (χ2v) is 5.48. The highest BCUT2D eigenvalue weighted by atomic mass is 32.2. The van der Waals surface area contributed by atoms with Gasteiger partial charge in [0.15, 0.2) is 0 Å². The molecule has 1 aromatic rings. The molecule has 0 atom stereocenters. The zero-order chi connectivity index (χ0) is 13.8. The summed E-state index contributed by atoms with van der Waals surface area (Å²) in [5.74, 6) is -0.517. The van der Waals surface area contributed by atoms with Crippen LogP contribution in [0.15, 0.2) is 24.3 Å². The van der Waals surface area contributed by atoms with Gasteiger partial charge < -0.3 is 5.32 Å². The Morgan fingerprint density at radius 2 is 2.32 bits per heavy atom. The van der Waals surface area contributed by atoms with E-state index in [2.05, 4.69) is 5.32 Å². The Labute approximate surface area is 119 Å². The fourth-order valence-electron chi connectivity index (χ4n) is 1.61. The van der Waals surface area contributed by atoms with E-state index in [4.69, 9.17) is 12.2 Å². The van der Waals surface area contributed by atoms with Gasteiger partial charge in [0.2, 0.25) is 5.91 Å². The number of benzene rings is 1. The molecule has 1 fully saturated rings. The van der Waals surface area contributed by atoms with Gasteiger partial charge in [-0.3, -0.25) is 14.5 Å². The summed E-state index contributed by atoms with van der Waals surface area (Å²) in [6.07, 6.45) is 0. The van der Waals surface area contributed by atoms with E-state index in [1.54, 1.807) is 0 Å². The van der Waals surface area contributed by atoms with Crippen LogP contribution in [0.2, 0.25) is 0 Å². The Bertz CT molecular complexity index is 520. The smallest absolute Gasteiger partial charge is 0.251 e. The Morgan fingerprint density at radius 1 is 1.53 bits per heavy atom. The van der Waals surface area contributed by atoms with Crippen LogP contribution in [0.1, 0.15) is 10.4 Å². The van der Waals surface area contributed by atoms with E-state index < -0.39 is 5.82 Å². The van der Waals surface area contributed by atoms with Gasteiger partial charge in [-0.2, -0.15) is 0 Å². The molecule has 2 rings (SSSR count). The molecule has 0 saturated carbocycles. The first-order chi connectivity index (χ1) is 9.08. The second kappa shape index (κ2) is 6.12. The van der Waals surface area contributed by atoms with Gasteiger partial charge >= 0.3 is 0 Å². The molecule has 0 bridgehead atoms. The van der Waals surface area contributed by atoms with Crippen molar-refractivity contribution < 1.29 is 14.0 Å². The number of halogens is 1. The molecule has 1 saturated heterocycles. The highest BCUT2D eigenvalue weighted by Gasteiger charge is 2.25. The van der Waals surface area contributed by atoms with Gasteiger partial charge in [-0.05, 0) is 18.2 Å². The predicted molar refractivity (Wildman–Crippen MR) is 75.5 cm³/mol. The third kappa shape index (κ3) is 3.51. The van der Waals surface area contributed by atoms with Crippen LogP contribution in [0, 0.1) is 5.82 Å². The van der Waals surface area contributed by atoms with E-state index in [1.165, 1.54) is 34.9 Å². The normalized spacial score (nSPS) is 14.9. The highest BCUT2D eigenvalue weighted by Crippen LogP contribution is 2.18. The van der Waals surface area contributed by atoms with Gasteiger partial charge in [-0.15, -0.1) is 0 Å². The number of nitrogens with zero attached hydrogens (tertiary/aromatic N) is 1. The van der Waals surface area contributed by atoms with E-state index in [-0.39, 0.29) is 23.9 Å². The average molecular weight is 298 g/mol. The number of rotatable bonds is 4. The van der Waals surface area contributed by atoms with Crippen LogP contribution < -0.4 is 5.32 Å². The number of hydrogen-bond acceptors (Lipinski definition) is 4. The molecule has 0 radical (unpaired) electrons. The van der Waals surface area contributed by atoms with Crippen molar-refractivity contribution in [2.75, 3.05) is 18.8 Å². The highest BCUT2D eigenvalue weighted by molar-refractivity contribution is 8.23. The fraction of sp³-hybridized carbons (Fsp3) is 0.250. The Balaban J connectivity index is 1.84. The molecule has 4 nitrogen and oxygen atoms in total. The van der Waals surface area contributed by atoms with Gasteiger partial charge in [-0.1, -0.05) is 30.0 Å². The number of amides is 2. The molecule has 7 heteroatoms. The molecule has 1 heterocycles. The molecule has 0 unspecified atom stereocenters. The summed E-state index contributed by atoms with van der Waals surface area (Å²) in [7, 11) is 0. The lowest BCUT2D eigenvalue weighted by Gasteiger charge is -2.15. The van der Waals surface area contributed by atoms with Crippen LogP contribution >= 0.6 is 24.0 Å². The van der Waals surface area contributed by atoms with Gasteiger partial charge in [0.05, 0.1) is 5.75 Å². The quantitative estimate of drug-likeness (QED) is 0.854. The summed E-state index contributed by atoms with van der Waals surface area (Å²) in [4.78, 5) is 24.6. The monoisotopic (exact) mass is 298 g/mol. The first-order valence-electron chi connectivity index (χ1n) is 5.59. The Hall–Kier alpha value is -1.47. The maximum Gasteiger partial charge on any atom is 0.251 e. The van der Waals surface area contributed by atoms with Crippen LogP contribution in [-0.4, -0.2) is 39.9 Å². The maximum absolute atomic E-state index is 12.9. The molecule has 19 heavy (non-hydrogen) atoms. The third-order valence-corrected chi connectivity index (χ3v) is 3.98. The van der Waals surface area contributed by atoms with E-state index in [9.17, 15) is 14.0 Å². The molecule has 0 spiro atoms. The Morgan fingerprint density at radius 3 is 2.95 bits per heavy atom. The van der Waals surface area contributed by atoms with Crippen molar-refractivity contribution in [2.24, 2.45) is 0 Å². The van der Waals surface area contributed by atoms with Crippen LogP contribution in [0.5, 0.6) is 0 Å². The largest absolute Gasteiger partial charge is 0.350 e. The van der Waals surface area contributed by atoms with Crippen molar-refractivity contribution in [1.29, 1.82) is 0 Å². The SMILES string of the molecule is O=C(NCCN1C(=O)CSC1=S)c1cccc(F)c1. The Kier molecular flexibility index (Phi) is 4.49. The zero-order valence-electron chi connectivity index (χ0n) is 9.89. The molecule has 100 valence electrons. The van der Waals surface area contributed by atoms with E-state index in [0.29, 0.717) is 16.6 Å². The summed E-state index contributed by atoms with van der Waals surface area (Å²) in [5.41, 5.74) is 0.254. The number of carbonyl (C=O) groups excluding carboxylic acids is 2. The van der Waals surface area contributed by atoms with Gasteiger partial charge in [0, 0.05) is 18.7 Å². The standard InChI is InChI=1S/C12H11FN2O2S2/c13-9-3-1-2-8(6-9)11(17)14-4-5-15-10(16)7-19-12(15)18/h1-3,6H,4-5,7H2,(H,14,17). The molecule has 0 aromatic heterocycles. The minimum absolute atomic E-state index is 0.0463. The van der Waals surface area contributed by atoms with Crippen molar-refractivity contribution >= 4 is 40.1 Å². The molecule has 1 aliphatic rings. The lowest BCUT2D eigenvalue weighted by atomic mass is 10.2. The van der Waals surface area contributed by atoms with Gasteiger partial charge in [-0.25, -0.2) is 4.39 Å². The van der Waals surface area contributed by atoms with Crippen molar-refractivity contribution in [3.8, 4) is 0 Å². The molecular weight excluding hydrogens is 287 g/mol. The molecule has 2 amide bonds. The number of hydrogen-bond donors (Lipinski definition) is 1. The number of thiocarbonyl (C=S) groups is 1. The molecule has 0 aliphatic carbocycles. The summed E-state index contributed by atoms with van der Waals surface area (Å²) < 4.78 is 13.5. The third-order valence-electron chi connectivity index (χ3n) is 2.55. The topological polar surface area (TPSA) is 49.4 Å². The van der Waals surface area contributed by atoms with Crippen molar-refractivity contribution in [2.45, 2.75) is 0 Å². The fourth-order valence-corrected chi connectivity index (χ4v) is 2.73. The first-order valence-corrected chi connectivity index (χ1v) is 6.98. The summed E-state index contributed by atoms with van der Waals surface area (Å²) in [6, 6.07) is 5.44. The van der Waals surface area contributed by atoms with Crippen molar-refractivity contribution in [3.63, 3.8) is 0 Å². The summed E-state index contributed by atoms with van der Waals surface area (Å²) >= 11 is 6.33. The van der Waals surface area contributed by atoms with Crippen LogP contribution in [-0.2, 0) is 4.79 Å². The summed E-state index contributed by atoms with van der Waals surface area (Å²) in [5, 5.41) is 2.63. The van der Waals surface area contributed by atoms with Crippen molar-refractivity contribution in [1.82, 2.24) is 10.2 Å². The lowest BCUT2D eigenvalue weighted by Crippen LogP contribution is -2.37. The second-order valence-electron chi connectivity index (χ2n) is 3.87. The van der Waals surface area contributed by atoms with Gasteiger partial charge in [0.1, 0.15) is 10.1 Å². The van der Waals surface area contributed by atoms with E-state index in [0.717, 1.165) is 6.07 Å². The predicted octanol–water partition coefficient (Wildman–Crippen LogP) is 1.42.